The molecule has 0 unspecified atom stereocenters. The van der Waals surface area contributed by atoms with Crippen LogP contribution in [0.25, 0.3) is 11.3 Å². The summed E-state index contributed by atoms with van der Waals surface area (Å²) in [6.07, 6.45) is 0. The van der Waals surface area contributed by atoms with Gasteiger partial charge in [0.15, 0.2) is 0 Å². The average molecular weight is 314 g/mol. The Hall–Kier alpha value is -0.800. The van der Waals surface area contributed by atoms with Crippen LogP contribution in [0.15, 0.2) is 28.7 Å². The maximum absolute atomic E-state index is 6.20. The van der Waals surface area contributed by atoms with Gasteiger partial charge >= 0.3 is 0 Å². The summed E-state index contributed by atoms with van der Waals surface area (Å²) in [6.45, 7) is 4.30. The average Bonchev–Trinajstić information content (AvgIpc) is 2.55. The third-order valence-corrected chi connectivity index (χ3v) is 3.82. The SMILES string of the molecule is CC(C)c1c(Br)c(-c2ccccc2Cl)nn1C. The smallest absolute Gasteiger partial charge is 0.108 e. The second-order valence-electron chi connectivity index (χ2n) is 4.31. The number of halogens is 2. The Kier molecular flexibility index (Phi) is 3.59. The van der Waals surface area contributed by atoms with E-state index in [1.165, 1.54) is 5.69 Å². The van der Waals surface area contributed by atoms with Crippen LogP contribution in [0.1, 0.15) is 25.5 Å². The van der Waals surface area contributed by atoms with Gasteiger partial charge in [0.1, 0.15) is 5.69 Å². The largest absolute Gasteiger partial charge is 0.271 e. The van der Waals surface area contributed by atoms with Gasteiger partial charge in [-0.2, -0.15) is 5.10 Å². The maximum Gasteiger partial charge on any atom is 0.108 e. The summed E-state index contributed by atoms with van der Waals surface area (Å²) < 4.78 is 2.94. The predicted octanol–water partition coefficient (Wildman–Crippen LogP) is 4.63. The lowest BCUT2D eigenvalue weighted by Crippen LogP contribution is -1.99. The van der Waals surface area contributed by atoms with Crippen molar-refractivity contribution in [3.05, 3.63) is 39.5 Å². The number of rotatable bonds is 2. The minimum atomic E-state index is 0.415. The first-order chi connectivity index (χ1) is 8.02. The summed E-state index contributed by atoms with van der Waals surface area (Å²) in [7, 11) is 1.96. The number of hydrogen-bond donors (Lipinski definition) is 0. The van der Waals surface area contributed by atoms with E-state index in [0.717, 1.165) is 20.8 Å². The number of aromatic nitrogens is 2. The van der Waals surface area contributed by atoms with Crippen LogP contribution >= 0.6 is 27.5 Å². The third kappa shape index (κ3) is 2.26. The molecule has 0 N–H and O–H groups in total. The van der Waals surface area contributed by atoms with Crippen molar-refractivity contribution < 1.29 is 0 Å². The molecule has 90 valence electrons. The summed E-state index contributed by atoms with van der Waals surface area (Å²) in [5.74, 6) is 0.415. The molecule has 0 atom stereocenters. The molecule has 17 heavy (non-hydrogen) atoms. The van der Waals surface area contributed by atoms with Gasteiger partial charge in [-0.3, -0.25) is 4.68 Å². The fraction of sp³-hybridized carbons (Fsp3) is 0.308. The molecule has 1 heterocycles. The highest BCUT2D eigenvalue weighted by Gasteiger charge is 2.18. The van der Waals surface area contributed by atoms with Gasteiger partial charge in [-0.1, -0.05) is 43.6 Å². The number of benzene rings is 1. The number of nitrogens with zero attached hydrogens (tertiary/aromatic N) is 2. The van der Waals surface area contributed by atoms with Gasteiger partial charge in [-0.05, 0) is 27.9 Å². The molecule has 2 rings (SSSR count). The Morgan fingerprint density at radius 2 is 1.94 bits per heavy atom. The van der Waals surface area contributed by atoms with Gasteiger partial charge in [0, 0.05) is 12.6 Å². The van der Waals surface area contributed by atoms with Crippen LogP contribution in [-0.2, 0) is 7.05 Å². The van der Waals surface area contributed by atoms with Crippen molar-refractivity contribution in [2.75, 3.05) is 0 Å². The summed E-state index contributed by atoms with van der Waals surface area (Å²) in [5, 5.41) is 5.27. The van der Waals surface area contributed by atoms with E-state index in [-0.39, 0.29) is 0 Å². The first-order valence-electron chi connectivity index (χ1n) is 5.49. The predicted molar refractivity (Wildman–Crippen MR) is 75.4 cm³/mol. The van der Waals surface area contributed by atoms with Gasteiger partial charge in [0.05, 0.1) is 15.2 Å². The molecule has 0 fully saturated rings. The van der Waals surface area contributed by atoms with Gasteiger partial charge in [-0.25, -0.2) is 0 Å². The molecule has 1 aromatic heterocycles. The molecule has 0 aliphatic heterocycles. The molecular formula is C13H14BrClN2. The Balaban J connectivity index is 2.62. The van der Waals surface area contributed by atoms with E-state index in [9.17, 15) is 0 Å². The summed E-state index contributed by atoms with van der Waals surface area (Å²) in [6, 6.07) is 7.76. The number of hydrogen-bond acceptors (Lipinski definition) is 1. The molecule has 4 heteroatoms. The van der Waals surface area contributed by atoms with Crippen molar-refractivity contribution >= 4 is 27.5 Å². The summed E-state index contributed by atoms with van der Waals surface area (Å²) in [5.41, 5.74) is 3.05. The fourth-order valence-corrected chi connectivity index (χ4v) is 3.20. The van der Waals surface area contributed by atoms with Gasteiger partial charge < -0.3 is 0 Å². The van der Waals surface area contributed by atoms with Crippen LogP contribution in [0, 0.1) is 0 Å². The van der Waals surface area contributed by atoms with E-state index in [1.54, 1.807) is 0 Å². The van der Waals surface area contributed by atoms with Crippen LogP contribution in [0.5, 0.6) is 0 Å². The highest BCUT2D eigenvalue weighted by molar-refractivity contribution is 9.10. The normalized spacial score (nSPS) is 11.2. The van der Waals surface area contributed by atoms with Gasteiger partial charge in [0.2, 0.25) is 0 Å². The van der Waals surface area contributed by atoms with E-state index in [2.05, 4.69) is 34.9 Å². The molecule has 0 saturated carbocycles. The second-order valence-corrected chi connectivity index (χ2v) is 5.51. The van der Waals surface area contributed by atoms with Crippen LogP contribution in [0.4, 0.5) is 0 Å². The van der Waals surface area contributed by atoms with E-state index in [0.29, 0.717) is 5.92 Å². The van der Waals surface area contributed by atoms with Crippen molar-refractivity contribution in [1.29, 1.82) is 0 Å². The zero-order valence-corrected chi connectivity index (χ0v) is 12.4. The lowest BCUT2D eigenvalue weighted by Gasteiger charge is -2.05. The molecule has 0 saturated heterocycles. The van der Waals surface area contributed by atoms with Gasteiger partial charge in [0.25, 0.3) is 0 Å². The standard InChI is InChI=1S/C13H14BrClN2/c1-8(2)13-11(14)12(16-17(13)3)9-6-4-5-7-10(9)15/h4-8H,1-3H3. The summed E-state index contributed by atoms with van der Waals surface area (Å²) in [4.78, 5) is 0. The van der Waals surface area contributed by atoms with Crippen molar-refractivity contribution in [3.63, 3.8) is 0 Å². The topological polar surface area (TPSA) is 17.8 Å². The fourth-order valence-electron chi connectivity index (χ4n) is 1.96. The van der Waals surface area contributed by atoms with E-state index >= 15 is 0 Å². The highest BCUT2D eigenvalue weighted by atomic mass is 79.9. The zero-order chi connectivity index (χ0) is 12.6. The minimum absolute atomic E-state index is 0.415. The van der Waals surface area contributed by atoms with Crippen molar-refractivity contribution in [2.24, 2.45) is 7.05 Å². The maximum atomic E-state index is 6.20. The van der Waals surface area contributed by atoms with Crippen LogP contribution < -0.4 is 0 Å². The Bertz CT molecular complexity index is 546. The van der Waals surface area contributed by atoms with Crippen LogP contribution in [-0.4, -0.2) is 9.78 Å². The zero-order valence-electron chi connectivity index (χ0n) is 10.0. The molecular weight excluding hydrogens is 300 g/mol. The molecule has 0 amide bonds. The molecule has 2 aromatic rings. The Morgan fingerprint density at radius 3 is 2.47 bits per heavy atom. The van der Waals surface area contributed by atoms with Crippen molar-refractivity contribution in [3.8, 4) is 11.3 Å². The molecule has 2 nitrogen and oxygen atoms in total. The molecule has 0 bridgehead atoms. The highest BCUT2D eigenvalue weighted by Crippen LogP contribution is 2.36. The first-order valence-corrected chi connectivity index (χ1v) is 6.66. The van der Waals surface area contributed by atoms with Gasteiger partial charge in [-0.15, -0.1) is 0 Å². The second kappa shape index (κ2) is 4.83. The number of aryl methyl sites for hydroxylation is 1. The van der Waals surface area contributed by atoms with Crippen molar-refractivity contribution in [2.45, 2.75) is 19.8 Å². The quantitative estimate of drug-likeness (QED) is 0.790. The van der Waals surface area contributed by atoms with E-state index < -0.39 is 0 Å². The monoisotopic (exact) mass is 312 g/mol. The molecule has 0 radical (unpaired) electrons. The van der Waals surface area contributed by atoms with E-state index in [4.69, 9.17) is 11.6 Å². The molecule has 1 aromatic carbocycles. The molecule has 0 spiro atoms. The molecule has 0 aliphatic rings. The Labute approximate surface area is 115 Å². The van der Waals surface area contributed by atoms with E-state index in [1.807, 2.05) is 36.0 Å². The lowest BCUT2D eigenvalue weighted by molar-refractivity contribution is 0.668. The van der Waals surface area contributed by atoms with Crippen LogP contribution in [0.3, 0.4) is 0 Å². The van der Waals surface area contributed by atoms with Crippen molar-refractivity contribution in [1.82, 2.24) is 9.78 Å². The summed E-state index contributed by atoms with van der Waals surface area (Å²) >= 11 is 9.83. The van der Waals surface area contributed by atoms with Crippen LogP contribution in [0.2, 0.25) is 5.02 Å². The lowest BCUT2D eigenvalue weighted by atomic mass is 10.1. The minimum Gasteiger partial charge on any atom is -0.271 e. The Morgan fingerprint density at radius 1 is 1.29 bits per heavy atom. The third-order valence-electron chi connectivity index (χ3n) is 2.71. The molecule has 0 aliphatic carbocycles. The first kappa shape index (κ1) is 12.7.